The third-order valence-electron chi connectivity index (χ3n) is 5.04. The minimum Gasteiger partial charge on any atom is -0.489 e. The summed E-state index contributed by atoms with van der Waals surface area (Å²) in [7, 11) is 0. The van der Waals surface area contributed by atoms with Crippen LogP contribution in [0.1, 0.15) is 24.2 Å². The Labute approximate surface area is 212 Å². The number of halogens is 2. The minimum absolute atomic E-state index is 0.0430. The average molecular weight is 510 g/mol. The average Bonchev–Trinajstić information content (AvgIpc) is 3.04. The second-order valence-corrected chi connectivity index (χ2v) is 8.69. The van der Waals surface area contributed by atoms with E-state index in [1.807, 2.05) is 19.9 Å². The first-order chi connectivity index (χ1) is 16.8. The maximum atomic E-state index is 12.9. The Morgan fingerprint density at radius 3 is 2.23 bits per heavy atom. The summed E-state index contributed by atoms with van der Waals surface area (Å²) in [6.45, 7) is 3.81. The van der Waals surface area contributed by atoms with Crippen molar-refractivity contribution in [3.8, 4) is 5.75 Å². The zero-order valence-corrected chi connectivity index (χ0v) is 20.4. The zero-order valence-electron chi connectivity index (χ0n) is 18.8. The third kappa shape index (κ3) is 5.16. The van der Waals surface area contributed by atoms with Crippen LogP contribution in [0.4, 0.5) is 17.1 Å². The topological polar surface area (TPSA) is 87.7 Å². The van der Waals surface area contributed by atoms with Crippen molar-refractivity contribution in [2.45, 2.75) is 20.0 Å². The highest BCUT2D eigenvalue weighted by Gasteiger charge is 2.39. The van der Waals surface area contributed by atoms with Crippen LogP contribution in [-0.4, -0.2) is 23.8 Å². The Hall–Kier alpha value is -3.81. The molecule has 0 fully saturated rings. The SMILES string of the molecule is CC(C)Oc1ccccc1NC(=O)c1ccc(NC2=C(Cl)C(=O)N(c3ccccc3Cl)C2=O)cc1. The van der Waals surface area contributed by atoms with Crippen molar-refractivity contribution in [1.82, 2.24) is 0 Å². The number of anilines is 3. The van der Waals surface area contributed by atoms with Gasteiger partial charge in [0.25, 0.3) is 17.7 Å². The number of benzene rings is 3. The number of ether oxygens (including phenoxy) is 1. The number of hydrogen-bond donors (Lipinski definition) is 2. The van der Waals surface area contributed by atoms with Crippen LogP contribution in [0, 0.1) is 0 Å². The maximum absolute atomic E-state index is 12.9. The smallest absolute Gasteiger partial charge is 0.283 e. The fourth-order valence-electron chi connectivity index (χ4n) is 3.43. The second kappa shape index (κ2) is 10.2. The lowest BCUT2D eigenvalue weighted by molar-refractivity contribution is -0.120. The fourth-order valence-corrected chi connectivity index (χ4v) is 3.87. The first-order valence-electron chi connectivity index (χ1n) is 10.7. The van der Waals surface area contributed by atoms with Gasteiger partial charge in [0.05, 0.1) is 22.5 Å². The van der Waals surface area contributed by atoms with E-state index in [0.717, 1.165) is 4.90 Å². The van der Waals surface area contributed by atoms with Gasteiger partial charge in [0.2, 0.25) is 0 Å². The normalized spacial score (nSPS) is 13.5. The molecule has 0 saturated heterocycles. The van der Waals surface area contributed by atoms with Crippen molar-refractivity contribution >= 4 is 58.0 Å². The Morgan fingerprint density at radius 1 is 0.886 bits per heavy atom. The second-order valence-electron chi connectivity index (χ2n) is 7.91. The highest BCUT2D eigenvalue weighted by Crippen LogP contribution is 2.34. The summed E-state index contributed by atoms with van der Waals surface area (Å²) in [5.41, 5.74) is 1.59. The van der Waals surface area contributed by atoms with E-state index in [-0.39, 0.29) is 33.5 Å². The van der Waals surface area contributed by atoms with Crippen molar-refractivity contribution in [3.63, 3.8) is 0 Å². The molecule has 0 saturated carbocycles. The molecule has 0 unspecified atom stereocenters. The molecule has 0 aromatic heterocycles. The van der Waals surface area contributed by atoms with Gasteiger partial charge in [-0.3, -0.25) is 14.4 Å². The molecule has 3 amide bonds. The number of imide groups is 1. The van der Waals surface area contributed by atoms with Gasteiger partial charge in [-0.15, -0.1) is 0 Å². The number of amides is 3. The van der Waals surface area contributed by atoms with Gasteiger partial charge >= 0.3 is 0 Å². The van der Waals surface area contributed by atoms with Crippen LogP contribution in [0.2, 0.25) is 5.02 Å². The summed E-state index contributed by atoms with van der Waals surface area (Å²) >= 11 is 12.3. The van der Waals surface area contributed by atoms with E-state index in [9.17, 15) is 14.4 Å². The molecule has 9 heteroatoms. The molecule has 2 N–H and O–H groups in total. The van der Waals surface area contributed by atoms with E-state index in [1.165, 1.54) is 0 Å². The van der Waals surface area contributed by atoms with Gasteiger partial charge in [0.15, 0.2) is 0 Å². The lowest BCUT2D eigenvalue weighted by Crippen LogP contribution is -2.32. The van der Waals surface area contributed by atoms with Crippen LogP contribution in [0.25, 0.3) is 0 Å². The van der Waals surface area contributed by atoms with Crippen molar-refractivity contribution < 1.29 is 19.1 Å². The van der Waals surface area contributed by atoms with Crippen LogP contribution in [0.15, 0.2) is 83.5 Å². The monoisotopic (exact) mass is 509 g/mol. The summed E-state index contributed by atoms with van der Waals surface area (Å²) in [5, 5.41) is 5.71. The Balaban J connectivity index is 1.48. The van der Waals surface area contributed by atoms with E-state index >= 15 is 0 Å². The molecule has 0 radical (unpaired) electrons. The summed E-state index contributed by atoms with van der Waals surface area (Å²) < 4.78 is 5.74. The van der Waals surface area contributed by atoms with Gasteiger partial charge in [0, 0.05) is 11.3 Å². The van der Waals surface area contributed by atoms with Crippen LogP contribution in [-0.2, 0) is 9.59 Å². The number of carbonyl (C=O) groups is 3. The Kier molecular flexibility index (Phi) is 7.10. The number of carbonyl (C=O) groups excluding carboxylic acids is 3. The fraction of sp³-hybridized carbons (Fsp3) is 0.115. The molecular formula is C26H21Cl2N3O4. The molecule has 1 heterocycles. The number of hydrogen-bond acceptors (Lipinski definition) is 5. The highest BCUT2D eigenvalue weighted by atomic mass is 35.5. The summed E-state index contributed by atoms with van der Waals surface area (Å²) in [6, 6.07) is 20.1. The quantitative estimate of drug-likeness (QED) is 0.392. The molecule has 0 aliphatic carbocycles. The first-order valence-corrected chi connectivity index (χ1v) is 11.5. The summed E-state index contributed by atoms with van der Waals surface area (Å²) in [5.74, 6) is -1.06. The van der Waals surface area contributed by atoms with E-state index in [2.05, 4.69) is 10.6 Å². The predicted molar refractivity (Wildman–Crippen MR) is 137 cm³/mol. The predicted octanol–water partition coefficient (Wildman–Crippen LogP) is 5.82. The maximum Gasteiger partial charge on any atom is 0.283 e. The van der Waals surface area contributed by atoms with Crippen LogP contribution >= 0.6 is 23.2 Å². The van der Waals surface area contributed by atoms with Gasteiger partial charge in [-0.2, -0.15) is 0 Å². The van der Waals surface area contributed by atoms with Crippen LogP contribution < -0.4 is 20.3 Å². The molecule has 0 atom stereocenters. The first kappa shape index (κ1) is 24.3. The Bertz CT molecular complexity index is 1340. The molecule has 7 nitrogen and oxygen atoms in total. The molecule has 35 heavy (non-hydrogen) atoms. The number of nitrogens with zero attached hydrogens (tertiary/aromatic N) is 1. The van der Waals surface area contributed by atoms with E-state index in [1.54, 1.807) is 66.7 Å². The molecule has 178 valence electrons. The zero-order chi connectivity index (χ0) is 25.1. The summed E-state index contributed by atoms with van der Waals surface area (Å²) in [4.78, 5) is 39.2. The highest BCUT2D eigenvalue weighted by molar-refractivity contribution is 6.53. The van der Waals surface area contributed by atoms with Gasteiger partial charge in [-0.1, -0.05) is 47.5 Å². The van der Waals surface area contributed by atoms with Gasteiger partial charge in [-0.25, -0.2) is 4.90 Å². The number of nitrogens with one attached hydrogen (secondary N) is 2. The van der Waals surface area contributed by atoms with Crippen molar-refractivity contribution in [2.24, 2.45) is 0 Å². The van der Waals surface area contributed by atoms with Gasteiger partial charge in [-0.05, 0) is 62.4 Å². The molecular weight excluding hydrogens is 489 g/mol. The molecule has 4 rings (SSSR count). The lowest BCUT2D eigenvalue weighted by atomic mass is 10.1. The van der Waals surface area contributed by atoms with Crippen molar-refractivity contribution in [3.05, 3.63) is 94.1 Å². The standard InChI is InChI=1S/C26H21Cl2N3O4/c1-15(2)35-21-10-6-4-8-19(21)30-24(32)16-11-13-17(14-12-16)29-23-22(28)25(33)31(26(23)34)20-9-5-3-7-18(20)27/h3-15,29H,1-2H3,(H,30,32). The van der Waals surface area contributed by atoms with Crippen molar-refractivity contribution in [1.29, 1.82) is 0 Å². The molecule has 3 aromatic rings. The lowest BCUT2D eigenvalue weighted by Gasteiger charge is -2.16. The molecule has 3 aromatic carbocycles. The molecule has 0 spiro atoms. The molecule has 0 bridgehead atoms. The molecule has 1 aliphatic heterocycles. The van der Waals surface area contributed by atoms with E-state index in [4.69, 9.17) is 27.9 Å². The van der Waals surface area contributed by atoms with Gasteiger partial charge in [0.1, 0.15) is 16.5 Å². The number of para-hydroxylation sites is 3. The van der Waals surface area contributed by atoms with Crippen LogP contribution in [0.3, 0.4) is 0 Å². The van der Waals surface area contributed by atoms with Crippen molar-refractivity contribution in [2.75, 3.05) is 15.5 Å². The van der Waals surface area contributed by atoms with E-state index < -0.39 is 11.8 Å². The summed E-state index contributed by atoms with van der Waals surface area (Å²) in [6.07, 6.45) is -0.0430. The third-order valence-corrected chi connectivity index (χ3v) is 5.71. The van der Waals surface area contributed by atoms with Crippen LogP contribution in [0.5, 0.6) is 5.75 Å². The largest absolute Gasteiger partial charge is 0.489 e. The van der Waals surface area contributed by atoms with E-state index in [0.29, 0.717) is 22.7 Å². The van der Waals surface area contributed by atoms with Gasteiger partial charge < -0.3 is 15.4 Å². The molecule has 1 aliphatic rings. The Morgan fingerprint density at radius 2 is 1.54 bits per heavy atom. The minimum atomic E-state index is -0.675. The number of rotatable bonds is 7.